The van der Waals surface area contributed by atoms with Crippen molar-refractivity contribution < 1.29 is 15.0 Å². The molecule has 1 amide bonds. The summed E-state index contributed by atoms with van der Waals surface area (Å²) in [4.78, 5) is 16.2. The van der Waals surface area contributed by atoms with Gasteiger partial charge in [-0.3, -0.25) is 4.79 Å². The van der Waals surface area contributed by atoms with Crippen molar-refractivity contribution in [1.29, 1.82) is 0 Å². The number of rotatable bonds is 4. The molecule has 6 heteroatoms. The van der Waals surface area contributed by atoms with Gasteiger partial charge >= 0.3 is 0 Å². The van der Waals surface area contributed by atoms with E-state index in [9.17, 15) is 15.0 Å². The summed E-state index contributed by atoms with van der Waals surface area (Å²) in [5.74, 6) is -0.0778. The average molecular weight is 353 g/mol. The summed E-state index contributed by atoms with van der Waals surface area (Å²) in [6, 6.07) is 7.17. The highest BCUT2D eigenvalue weighted by Crippen LogP contribution is 2.25. The summed E-state index contributed by atoms with van der Waals surface area (Å²) >= 11 is 5.86. The average Bonchev–Trinajstić information content (AvgIpc) is 2.86. The van der Waals surface area contributed by atoms with Crippen LogP contribution in [0.15, 0.2) is 24.3 Å². The maximum Gasteiger partial charge on any atom is 0.227 e. The van der Waals surface area contributed by atoms with Crippen LogP contribution in [0.3, 0.4) is 0 Å². The van der Waals surface area contributed by atoms with Crippen LogP contribution in [-0.4, -0.2) is 70.3 Å². The number of carbonyl (C=O) groups is 1. The van der Waals surface area contributed by atoms with Crippen molar-refractivity contribution in [1.82, 2.24) is 9.80 Å². The van der Waals surface area contributed by atoms with Gasteiger partial charge in [-0.1, -0.05) is 30.2 Å². The monoisotopic (exact) mass is 352 g/mol. The standard InChI is InChI=1S/C18H25ClN2O3/c19-15-6-4-14(5-7-15)10-17(23)21-11-16(22)18(24,13-21)12-20-8-2-1-3-9-20/h4-7,16,22,24H,1-3,8-13H2/t16-,18+/m1/s1. The second-order valence-corrected chi connectivity index (χ2v) is 7.47. The summed E-state index contributed by atoms with van der Waals surface area (Å²) in [5.41, 5.74) is -0.349. The van der Waals surface area contributed by atoms with E-state index in [1.54, 1.807) is 17.0 Å². The number of aliphatic hydroxyl groups is 2. The van der Waals surface area contributed by atoms with Gasteiger partial charge in [-0.25, -0.2) is 0 Å². The lowest BCUT2D eigenvalue weighted by Gasteiger charge is -2.35. The van der Waals surface area contributed by atoms with Gasteiger partial charge in [-0.2, -0.15) is 0 Å². The third kappa shape index (κ3) is 4.09. The summed E-state index contributed by atoms with van der Waals surface area (Å²) in [6.07, 6.45) is 2.84. The number of hydrogen-bond acceptors (Lipinski definition) is 4. The molecule has 2 N–H and O–H groups in total. The van der Waals surface area contributed by atoms with Gasteiger partial charge in [0.2, 0.25) is 5.91 Å². The van der Waals surface area contributed by atoms with Crippen LogP contribution in [0.2, 0.25) is 5.02 Å². The largest absolute Gasteiger partial charge is 0.388 e. The molecule has 0 aromatic heterocycles. The van der Waals surface area contributed by atoms with Gasteiger partial charge in [0.25, 0.3) is 0 Å². The molecular formula is C18H25ClN2O3. The van der Waals surface area contributed by atoms with Crippen LogP contribution >= 0.6 is 11.6 Å². The van der Waals surface area contributed by atoms with E-state index in [4.69, 9.17) is 11.6 Å². The Bertz CT molecular complexity index is 574. The minimum Gasteiger partial charge on any atom is -0.388 e. The molecular weight excluding hydrogens is 328 g/mol. The zero-order valence-corrected chi connectivity index (χ0v) is 14.6. The maximum absolute atomic E-state index is 12.5. The first-order valence-corrected chi connectivity index (χ1v) is 8.99. The number of carbonyl (C=O) groups excluding carboxylic acids is 1. The van der Waals surface area contributed by atoms with Crippen LogP contribution < -0.4 is 0 Å². The highest BCUT2D eigenvalue weighted by molar-refractivity contribution is 6.30. The Balaban J connectivity index is 1.59. The minimum atomic E-state index is -1.23. The van der Waals surface area contributed by atoms with Crippen LogP contribution in [0, 0.1) is 0 Å². The number of benzene rings is 1. The molecule has 2 saturated heterocycles. The van der Waals surface area contributed by atoms with Crippen molar-refractivity contribution in [3.8, 4) is 0 Å². The molecule has 0 unspecified atom stereocenters. The number of halogens is 1. The first-order valence-electron chi connectivity index (χ1n) is 8.61. The fourth-order valence-corrected chi connectivity index (χ4v) is 3.74. The molecule has 132 valence electrons. The normalized spacial score (nSPS) is 28.3. The van der Waals surface area contributed by atoms with E-state index in [0.717, 1.165) is 31.5 Å². The van der Waals surface area contributed by atoms with Crippen LogP contribution in [-0.2, 0) is 11.2 Å². The van der Waals surface area contributed by atoms with E-state index < -0.39 is 11.7 Å². The quantitative estimate of drug-likeness (QED) is 0.857. The Hall–Kier alpha value is -1.14. The van der Waals surface area contributed by atoms with Gasteiger partial charge in [0, 0.05) is 18.1 Å². The Morgan fingerprint density at radius 2 is 1.88 bits per heavy atom. The van der Waals surface area contributed by atoms with Crippen molar-refractivity contribution in [2.45, 2.75) is 37.4 Å². The third-order valence-electron chi connectivity index (χ3n) is 5.05. The van der Waals surface area contributed by atoms with Gasteiger partial charge in [0.05, 0.1) is 13.0 Å². The highest BCUT2D eigenvalue weighted by Gasteiger charge is 2.46. The number of hydrogen-bond donors (Lipinski definition) is 2. The minimum absolute atomic E-state index is 0.0778. The molecule has 0 aliphatic carbocycles. The topological polar surface area (TPSA) is 64.0 Å². The van der Waals surface area contributed by atoms with Crippen molar-refractivity contribution >= 4 is 17.5 Å². The Kier molecular flexibility index (Phi) is 5.45. The van der Waals surface area contributed by atoms with Crippen LogP contribution in [0.1, 0.15) is 24.8 Å². The second-order valence-electron chi connectivity index (χ2n) is 7.03. The molecule has 2 atom stereocenters. The summed E-state index contributed by atoms with van der Waals surface area (Å²) in [6.45, 7) is 2.72. The first-order chi connectivity index (χ1) is 11.5. The van der Waals surface area contributed by atoms with Crippen molar-refractivity contribution in [2.24, 2.45) is 0 Å². The van der Waals surface area contributed by atoms with E-state index in [1.807, 2.05) is 12.1 Å². The number of piperidine rings is 1. The number of β-amino-alcohol motifs (C(OH)–C–C–N with tert-alkyl or cyclic N) is 2. The molecule has 0 saturated carbocycles. The van der Waals surface area contributed by atoms with E-state index >= 15 is 0 Å². The predicted molar refractivity (Wildman–Crippen MR) is 93.0 cm³/mol. The fourth-order valence-electron chi connectivity index (χ4n) is 3.62. The van der Waals surface area contributed by atoms with E-state index in [-0.39, 0.29) is 25.4 Å². The lowest BCUT2D eigenvalue weighted by molar-refractivity contribution is -0.130. The van der Waals surface area contributed by atoms with Gasteiger partial charge in [-0.05, 0) is 43.6 Å². The number of likely N-dealkylation sites (tertiary alicyclic amines) is 2. The molecule has 0 bridgehead atoms. The Labute approximate surface area is 147 Å². The van der Waals surface area contributed by atoms with Gasteiger partial charge in [0.15, 0.2) is 0 Å². The van der Waals surface area contributed by atoms with Gasteiger partial charge < -0.3 is 20.0 Å². The molecule has 1 aromatic carbocycles. The molecule has 1 aromatic rings. The Morgan fingerprint density at radius 1 is 1.21 bits per heavy atom. The van der Waals surface area contributed by atoms with Crippen molar-refractivity contribution in [3.05, 3.63) is 34.9 Å². The van der Waals surface area contributed by atoms with Gasteiger partial charge in [-0.15, -0.1) is 0 Å². The van der Waals surface area contributed by atoms with E-state index in [0.29, 0.717) is 11.6 Å². The maximum atomic E-state index is 12.5. The number of nitrogens with zero attached hydrogens (tertiary/aromatic N) is 2. The van der Waals surface area contributed by atoms with E-state index in [2.05, 4.69) is 4.90 Å². The van der Waals surface area contributed by atoms with Crippen LogP contribution in [0.5, 0.6) is 0 Å². The molecule has 0 radical (unpaired) electrons. The van der Waals surface area contributed by atoms with Crippen molar-refractivity contribution in [2.75, 3.05) is 32.7 Å². The fraction of sp³-hybridized carbons (Fsp3) is 0.611. The third-order valence-corrected chi connectivity index (χ3v) is 5.30. The summed E-state index contributed by atoms with van der Waals surface area (Å²) in [5, 5.41) is 21.8. The molecule has 5 nitrogen and oxygen atoms in total. The second kappa shape index (κ2) is 7.40. The lowest BCUT2D eigenvalue weighted by Crippen LogP contribution is -2.52. The van der Waals surface area contributed by atoms with Crippen molar-refractivity contribution in [3.63, 3.8) is 0 Å². The predicted octanol–water partition coefficient (Wildman–Crippen LogP) is 1.30. The van der Waals surface area contributed by atoms with Gasteiger partial charge in [0.1, 0.15) is 11.7 Å². The lowest BCUT2D eigenvalue weighted by atomic mass is 9.98. The van der Waals surface area contributed by atoms with Crippen LogP contribution in [0.4, 0.5) is 0 Å². The molecule has 2 fully saturated rings. The first kappa shape index (κ1) is 17.7. The van der Waals surface area contributed by atoms with E-state index in [1.165, 1.54) is 6.42 Å². The molecule has 2 aliphatic rings. The SMILES string of the molecule is O=C(Cc1ccc(Cl)cc1)N1C[C@@H](O)[C@](O)(CN2CCCCC2)C1. The molecule has 24 heavy (non-hydrogen) atoms. The Morgan fingerprint density at radius 3 is 2.54 bits per heavy atom. The molecule has 2 heterocycles. The summed E-state index contributed by atoms with van der Waals surface area (Å²) < 4.78 is 0. The zero-order chi connectivity index (χ0) is 17.2. The van der Waals surface area contributed by atoms with Crippen LogP contribution in [0.25, 0.3) is 0 Å². The molecule has 3 rings (SSSR count). The highest BCUT2D eigenvalue weighted by atomic mass is 35.5. The number of amides is 1. The number of aliphatic hydroxyl groups excluding tert-OH is 1. The zero-order valence-electron chi connectivity index (χ0n) is 13.8. The molecule has 2 aliphatic heterocycles. The molecule has 0 spiro atoms. The smallest absolute Gasteiger partial charge is 0.227 e. The summed E-state index contributed by atoms with van der Waals surface area (Å²) in [7, 11) is 0.